The summed E-state index contributed by atoms with van der Waals surface area (Å²) in [5.41, 5.74) is 7.18. The number of carbonyl (C=O) groups excluding carboxylic acids is 1. The van der Waals surface area contributed by atoms with Crippen molar-refractivity contribution >= 4 is 11.6 Å². The molecule has 0 spiro atoms. The van der Waals surface area contributed by atoms with Crippen molar-refractivity contribution in [2.24, 2.45) is 16.6 Å². The molecule has 0 bridgehead atoms. The van der Waals surface area contributed by atoms with Gasteiger partial charge in [-0.05, 0) is 31.6 Å². The standard InChI is InChI=1S/C25H30FN9O3/c26-23-18(13-31-34-23)25-33-21(15-38-25)24(36)32-19(11-27)22(20-14-28-5-6-29-20)30-12-16-1-3-17(4-2-16)35-7-9-37-10-8-35/h5-6,11,13-17H,1-4,7-10,12,27H2,(H,31,34)(H,32,36)/p+1/b19-11+,30-22?. The lowest BCUT2D eigenvalue weighted by atomic mass is 9.85. The number of aliphatic imine (C=N–C) groups is 1. The lowest BCUT2D eigenvalue weighted by Gasteiger charge is -2.38. The average molecular weight is 525 g/mol. The Morgan fingerprint density at radius 1 is 1.29 bits per heavy atom. The van der Waals surface area contributed by atoms with Gasteiger partial charge in [0.05, 0.1) is 31.3 Å². The van der Waals surface area contributed by atoms with Gasteiger partial charge in [0, 0.05) is 31.9 Å². The Balaban J connectivity index is 1.27. The van der Waals surface area contributed by atoms with Crippen molar-refractivity contribution in [3.05, 3.63) is 60.3 Å². The number of nitrogens with one attached hydrogen (secondary N) is 3. The number of allylic oxidation sites excluding steroid dienone is 1. The number of morpholine rings is 1. The van der Waals surface area contributed by atoms with E-state index in [1.54, 1.807) is 18.6 Å². The van der Waals surface area contributed by atoms with Gasteiger partial charge in [0.2, 0.25) is 11.8 Å². The number of aromatic nitrogens is 5. The van der Waals surface area contributed by atoms with Crippen LogP contribution in [-0.4, -0.2) is 75.6 Å². The molecule has 2 fully saturated rings. The highest BCUT2D eigenvalue weighted by Gasteiger charge is 2.27. The Labute approximate surface area is 218 Å². The van der Waals surface area contributed by atoms with Crippen LogP contribution in [-0.2, 0) is 4.74 Å². The smallest absolute Gasteiger partial charge is 0.277 e. The molecule has 1 saturated heterocycles. The molecule has 38 heavy (non-hydrogen) atoms. The van der Waals surface area contributed by atoms with Gasteiger partial charge >= 0.3 is 0 Å². The van der Waals surface area contributed by atoms with Gasteiger partial charge in [0.1, 0.15) is 17.5 Å². The minimum Gasteiger partial charge on any atom is -0.443 e. The summed E-state index contributed by atoms with van der Waals surface area (Å²) in [5.74, 6) is -0.936. The maximum absolute atomic E-state index is 13.8. The number of rotatable bonds is 8. The molecule has 3 aromatic heterocycles. The van der Waals surface area contributed by atoms with E-state index in [1.165, 1.54) is 12.4 Å². The second-order valence-corrected chi connectivity index (χ2v) is 9.32. The Bertz CT molecular complexity index is 1280. The van der Waals surface area contributed by atoms with Gasteiger partial charge in [-0.15, -0.1) is 0 Å². The van der Waals surface area contributed by atoms with Gasteiger partial charge < -0.3 is 20.2 Å². The largest absolute Gasteiger partial charge is 0.443 e. The van der Waals surface area contributed by atoms with Gasteiger partial charge in [-0.25, -0.2) is 15.0 Å². The molecule has 13 heteroatoms. The number of hydrogen-bond acceptors (Lipinski definition) is 9. The molecule has 5 rings (SSSR count). The average Bonchev–Trinajstić information content (AvgIpc) is 3.63. The summed E-state index contributed by atoms with van der Waals surface area (Å²) in [4.78, 5) is 31.8. The minimum atomic E-state index is -0.707. The summed E-state index contributed by atoms with van der Waals surface area (Å²) in [6.45, 7) is 4.21. The molecule has 0 aromatic carbocycles. The van der Waals surface area contributed by atoms with E-state index in [-0.39, 0.29) is 22.8 Å². The first-order valence-electron chi connectivity index (χ1n) is 12.7. The molecule has 0 atom stereocenters. The molecule has 1 aliphatic carbocycles. The van der Waals surface area contributed by atoms with Crippen LogP contribution in [0.2, 0.25) is 0 Å². The van der Waals surface area contributed by atoms with Crippen molar-refractivity contribution in [3.63, 3.8) is 0 Å². The zero-order valence-electron chi connectivity index (χ0n) is 20.9. The molecular formula is C25H31FN9O3+. The Kier molecular flexibility index (Phi) is 8.14. The van der Waals surface area contributed by atoms with Crippen LogP contribution in [0.1, 0.15) is 41.9 Å². The number of oxazole rings is 1. The molecule has 4 heterocycles. The summed E-state index contributed by atoms with van der Waals surface area (Å²) in [6.07, 6.45) is 13.1. The summed E-state index contributed by atoms with van der Waals surface area (Å²) in [5, 5.41) is 8.51. The van der Waals surface area contributed by atoms with E-state index in [0.717, 1.165) is 58.2 Å². The molecule has 12 nitrogen and oxygen atoms in total. The topological polar surface area (TPSA) is 162 Å². The van der Waals surface area contributed by atoms with Crippen LogP contribution in [0, 0.1) is 11.9 Å². The van der Waals surface area contributed by atoms with Crippen molar-refractivity contribution in [1.29, 1.82) is 0 Å². The van der Waals surface area contributed by atoms with E-state index >= 15 is 0 Å². The number of aromatic amines is 2. The first-order chi connectivity index (χ1) is 18.6. The Morgan fingerprint density at radius 2 is 2.11 bits per heavy atom. The van der Waals surface area contributed by atoms with Crippen LogP contribution in [0.5, 0.6) is 0 Å². The Morgan fingerprint density at radius 3 is 2.79 bits per heavy atom. The van der Waals surface area contributed by atoms with E-state index < -0.39 is 11.9 Å². The molecule has 1 amide bonds. The lowest BCUT2D eigenvalue weighted by molar-refractivity contribution is -0.379. The number of hydrogen-bond donors (Lipinski definition) is 3. The predicted molar refractivity (Wildman–Crippen MR) is 134 cm³/mol. The van der Waals surface area contributed by atoms with Crippen molar-refractivity contribution < 1.29 is 23.3 Å². The molecule has 5 N–H and O–H groups in total. The maximum atomic E-state index is 13.8. The van der Waals surface area contributed by atoms with Crippen LogP contribution in [0.3, 0.4) is 0 Å². The molecule has 0 unspecified atom stereocenters. The SMILES string of the molecule is N/C=C(/NC(=O)c1coc(-c2cn[nH]c2F)n1)C(=NCC1CCC(N2CCOCC2)CC1)c1c[nH+]ccn1. The number of nitrogens with two attached hydrogens (primary N) is 1. The second kappa shape index (κ2) is 12.0. The molecule has 200 valence electrons. The second-order valence-electron chi connectivity index (χ2n) is 9.32. The monoisotopic (exact) mass is 524 g/mol. The number of amides is 1. The first kappa shape index (κ1) is 25.7. The van der Waals surface area contributed by atoms with Gasteiger partial charge in [-0.2, -0.15) is 9.49 Å². The fourth-order valence-corrected chi connectivity index (χ4v) is 4.90. The Hall–Kier alpha value is -3.97. The minimum absolute atomic E-state index is 0.0215. The van der Waals surface area contributed by atoms with Crippen molar-refractivity contribution in [3.8, 4) is 11.5 Å². The van der Waals surface area contributed by atoms with Crippen molar-refractivity contribution in [2.45, 2.75) is 31.7 Å². The number of ether oxygens (including phenoxy) is 1. The third-order valence-electron chi connectivity index (χ3n) is 6.96. The quantitative estimate of drug-likeness (QED) is 0.372. The van der Waals surface area contributed by atoms with Crippen molar-refractivity contribution in [1.82, 2.24) is 30.4 Å². The zero-order valence-corrected chi connectivity index (χ0v) is 20.9. The van der Waals surface area contributed by atoms with Crippen LogP contribution >= 0.6 is 0 Å². The van der Waals surface area contributed by atoms with E-state index in [1.807, 2.05) is 0 Å². The predicted octanol–water partition coefficient (Wildman–Crippen LogP) is 1.32. The van der Waals surface area contributed by atoms with E-state index in [4.69, 9.17) is 19.9 Å². The highest BCUT2D eigenvalue weighted by atomic mass is 19.1. The van der Waals surface area contributed by atoms with E-state index in [2.05, 4.69) is 35.4 Å². The van der Waals surface area contributed by atoms with Crippen molar-refractivity contribution in [2.75, 3.05) is 32.8 Å². The summed E-state index contributed by atoms with van der Waals surface area (Å²) in [7, 11) is 0. The maximum Gasteiger partial charge on any atom is 0.277 e. The van der Waals surface area contributed by atoms with E-state index in [9.17, 15) is 9.18 Å². The van der Waals surface area contributed by atoms with E-state index in [0.29, 0.717) is 29.9 Å². The van der Waals surface area contributed by atoms with Crippen LogP contribution in [0.4, 0.5) is 4.39 Å². The van der Waals surface area contributed by atoms with Crippen LogP contribution in [0.15, 0.2) is 52.4 Å². The molecule has 2 aliphatic rings. The molecule has 1 aliphatic heterocycles. The normalized spacial score (nSPS) is 21.4. The lowest BCUT2D eigenvalue weighted by Crippen LogP contribution is -2.45. The summed E-state index contributed by atoms with van der Waals surface area (Å²) >= 11 is 0. The number of H-pyrrole nitrogens is 2. The van der Waals surface area contributed by atoms with Gasteiger partial charge in [-0.1, -0.05) is 0 Å². The highest BCUT2D eigenvalue weighted by Crippen LogP contribution is 2.28. The summed E-state index contributed by atoms with van der Waals surface area (Å²) in [6, 6.07) is 0.602. The molecule has 1 saturated carbocycles. The third-order valence-corrected chi connectivity index (χ3v) is 6.96. The van der Waals surface area contributed by atoms with Gasteiger partial charge in [0.15, 0.2) is 23.8 Å². The third kappa shape index (κ3) is 5.94. The fraction of sp³-hybridized carbons (Fsp3) is 0.440. The first-order valence-corrected chi connectivity index (χ1v) is 12.7. The zero-order chi connectivity index (χ0) is 26.3. The fourth-order valence-electron chi connectivity index (χ4n) is 4.90. The summed E-state index contributed by atoms with van der Waals surface area (Å²) < 4.78 is 24.5. The number of halogens is 1. The van der Waals surface area contributed by atoms with Gasteiger partial charge in [-0.3, -0.25) is 19.8 Å². The molecule has 3 aromatic rings. The van der Waals surface area contributed by atoms with Crippen LogP contribution in [0.25, 0.3) is 11.5 Å². The molecular weight excluding hydrogens is 493 g/mol. The molecule has 0 radical (unpaired) electrons. The number of carbonyl (C=O) groups is 1. The highest BCUT2D eigenvalue weighted by molar-refractivity contribution is 6.13. The number of nitrogens with zero attached hydrogens (tertiary/aromatic N) is 5. The van der Waals surface area contributed by atoms with Crippen LogP contribution < -0.4 is 16.0 Å². The van der Waals surface area contributed by atoms with Gasteiger partial charge in [0.25, 0.3) is 5.91 Å².